The second kappa shape index (κ2) is 6.25. The third kappa shape index (κ3) is 3.75. The molecule has 0 spiro atoms. The molecule has 94 valence electrons. The number of aliphatic carboxylic acids is 1. The highest BCUT2D eigenvalue weighted by Crippen LogP contribution is 2.16. The number of hydrogen-bond acceptors (Lipinski definition) is 3. The zero-order valence-electron chi connectivity index (χ0n) is 10.2. The number of phenols is 1. The first kappa shape index (κ1) is 13.5. The average molecular weight is 237 g/mol. The largest absolute Gasteiger partial charge is 0.508 e. The smallest absolute Gasteiger partial charge is 0.320 e. The number of hydrogen-bond donors (Lipinski definition) is 3. The van der Waals surface area contributed by atoms with E-state index in [-0.39, 0.29) is 11.7 Å². The number of para-hydroxylation sites is 1. The van der Waals surface area contributed by atoms with Crippen LogP contribution in [-0.4, -0.2) is 22.2 Å². The molecule has 17 heavy (non-hydrogen) atoms. The lowest BCUT2D eigenvalue weighted by molar-refractivity contribution is -0.140. The Balaban J connectivity index is 2.64. The lowest BCUT2D eigenvalue weighted by Crippen LogP contribution is -2.41. The summed E-state index contributed by atoms with van der Waals surface area (Å²) >= 11 is 0. The highest BCUT2D eigenvalue weighted by molar-refractivity contribution is 5.73. The van der Waals surface area contributed by atoms with Crippen LogP contribution in [-0.2, 0) is 11.3 Å². The van der Waals surface area contributed by atoms with Crippen molar-refractivity contribution in [2.45, 2.75) is 32.9 Å². The van der Waals surface area contributed by atoms with Gasteiger partial charge in [0.05, 0.1) is 0 Å². The lowest BCUT2D eigenvalue weighted by Gasteiger charge is -2.20. The van der Waals surface area contributed by atoms with Gasteiger partial charge in [0.15, 0.2) is 0 Å². The van der Waals surface area contributed by atoms with Gasteiger partial charge in [0.25, 0.3) is 0 Å². The van der Waals surface area contributed by atoms with Crippen LogP contribution < -0.4 is 5.32 Å². The number of benzene rings is 1. The van der Waals surface area contributed by atoms with Gasteiger partial charge >= 0.3 is 5.97 Å². The zero-order chi connectivity index (χ0) is 12.8. The third-order valence-electron chi connectivity index (χ3n) is 2.98. The number of carbonyl (C=O) groups is 1. The summed E-state index contributed by atoms with van der Waals surface area (Å²) in [4.78, 5) is 11.1. The molecule has 0 saturated carbocycles. The summed E-state index contributed by atoms with van der Waals surface area (Å²) in [5.74, 6) is -0.610. The van der Waals surface area contributed by atoms with Crippen molar-refractivity contribution in [3.05, 3.63) is 29.8 Å². The zero-order valence-corrected chi connectivity index (χ0v) is 10.2. The second-order valence-electron chi connectivity index (χ2n) is 4.21. The number of phenolic OH excluding ortho intramolecular Hbond substituents is 1. The molecule has 0 unspecified atom stereocenters. The Hall–Kier alpha value is -1.55. The molecule has 1 aromatic carbocycles. The van der Waals surface area contributed by atoms with E-state index < -0.39 is 12.0 Å². The normalized spacial score (nSPS) is 14.2. The summed E-state index contributed by atoms with van der Waals surface area (Å²) in [5, 5.41) is 21.6. The van der Waals surface area contributed by atoms with Crippen LogP contribution in [0.3, 0.4) is 0 Å². The summed E-state index contributed by atoms with van der Waals surface area (Å²) in [6, 6.07) is 6.34. The Bertz CT molecular complexity index is 379. The van der Waals surface area contributed by atoms with Crippen LogP contribution in [0.4, 0.5) is 0 Å². The molecule has 0 aliphatic carbocycles. The number of rotatable bonds is 6. The number of carboxylic acids is 1. The Labute approximate surface area is 101 Å². The van der Waals surface area contributed by atoms with Crippen molar-refractivity contribution in [2.24, 2.45) is 5.92 Å². The van der Waals surface area contributed by atoms with Crippen molar-refractivity contribution in [1.82, 2.24) is 5.32 Å². The first-order valence-corrected chi connectivity index (χ1v) is 5.79. The van der Waals surface area contributed by atoms with Crippen molar-refractivity contribution in [3.63, 3.8) is 0 Å². The molecule has 3 N–H and O–H groups in total. The molecule has 0 heterocycles. The summed E-state index contributed by atoms with van der Waals surface area (Å²) in [6.45, 7) is 4.22. The molecule has 4 nitrogen and oxygen atoms in total. The van der Waals surface area contributed by atoms with Crippen molar-refractivity contribution in [1.29, 1.82) is 0 Å². The predicted molar refractivity (Wildman–Crippen MR) is 65.8 cm³/mol. The monoisotopic (exact) mass is 237 g/mol. The van der Waals surface area contributed by atoms with Gasteiger partial charge in [0.1, 0.15) is 11.8 Å². The molecule has 2 atom stereocenters. The Morgan fingerprint density at radius 1 is 1.41 bits per heavy atom. The van der Waals surface area contributed by atoms with Crippen LogP contribution in [0.2, 0.25) is 0 Å². The summed E-state index contributed by atoms with van der Waals surface area (Å²) < 4.78 is 0. The van der Waals surface area contributed by atoms with Crippen LogP contribution in [0.15, 0.2) is 24.3 Å². The van der Waals surface area contributed by atoms with Crippen LogP contribution >= 0.6 is 0 Å². The van der Waals surface area contributed by atoms with Gasteiger partial charge in [0.2, 0.25) is 0 Å². The molecule has 0 aliphatic heterocycles. The fraction of sp³-hybridized carbons (Fsp3) is 0.462. The number of aromatic hydroxyl groups is 1. The third-order valence-corrected chi connectivity index (χ3v) is 2.98. The summed E-state index contributed by atoms with van der Waals surface area (Å²) in [6.07, 6.45) is 0.796. The maximum Gasteiger partial charge on any atom is 0.320 e. The highest BCUT2D eigenvalue weighted by Gasteiger charge is 2.22. The van der Waals surface area contributed by atoms with E-state index in [2.05, 4.69) is 5.32 Å². The minimum Gasteiger partial charge on any atom is -0.508 e. The minimum absolute atomic E-state index is 0.0540. The predicted octanol–water partition coefficient (Wildman–Crippen LogP) is 1.98. The molecular formula is C13H19NO3. The Morgan fingerprint density at radius 3 is 2.59 bits per heavy atom. The summed E-state index contributed by atoms with van der Waals surface area (Å²) in [5.41, 5.74) is 0.710. The lowest BCUT2D eigenvalue weighted by atomic mass is 9.99. The molecule has 1 rings (SSSR count). The van der Waals surface area contributed by atoms with Crippen molar-refractivity contribution in [2.75, 3.05) is 0 Å². The van der Waals surface area contributed by atoms with Crippen LogP contribution in [0, 0.1) is 5.92 Å². The molecule has 0 aromatic heterocycles. The molecular weight excluding hydrogens is 218 g/mol. The van der Waals surface area contributed by atoms with E-state index in [4.69, 9.17) is 5.11 Å². The minimum atomic E-state index is -0.852. The first-order chi connectivity index (χ1) is 8.06. The van der Waals surface area contributed by atoms with Gasteiger partial charge in [0, 0.05) is 12.1 Å². The van der Waals surface area contributed by atoms with Gasteiger partial charge in [-0.2, -0.15) is 0 Å². The van der Waals surface area contributed by atoms with E-state index in [1.807, 2.05) is 19.9 Å². The molecule has 1 aromatic rings. The van der Waals surface area contributed by atoms with Crippen LogP contribution in [0.25, 0.3) is 0 Å². The van der Waals surface area contributed by atoms with E-state index >= 15 is 0 Å². The average Bonchev–Trinajstić information content (AvgIpc) is 2.30. The van der Waals surface area contributed by atoms with Gasteiger partial charge in [-0.1, -0.05) is 38.5 Å². The molecule has 0 radical (unpaired) electrons. The van der Waals surface area contributed by atoms with Crippen molar-refractivity contribution in [3.8, 4) is 5.75 Å². The highest BCUT2D eigenvalue weighted by atomic mass is 16.4. The fourth-order valence-electron chi connectivity index (χ4n) is 1.65. The van der Waals surface area contributed by atoms with E-state index in [9.17, 15) is 9.90 Å². The standard InChI is InChI=1S/C13H19NO3/c1-3-9(2)12(13(16)17)14-8-10-6-4-5-7-11(10)15/h4-7,9,12,14-15H,3,8H2,1-2H3,(H,16,17)/t9-,12-/m0/s1. The van der Waals surface area contributed by atoms with Gasteiger partial charge in [-0.25, -0.2) is 0 Å². The Morgan fingerprint density at radius 2 is 2.06 bits per heavy atom. The van der Waals surface area contributed by atoms with E-state index in [1.54, 1.807) is 18.2 Å². The number of nitrogens with one attached hydrogen (secondary N) is 1. The van der Waals surface area contributed by atoms with Gasteiger partial charge in [-0.3, -0.25) is 10.1 Å². The maximum atomic E-state index is 11.1. The molecule has 0 bridgehead atoms. The van der Waals surface area contributed by atoms with Crippen molar-refractivity contribution < 1.29 is 15.0 Å². The van der Waals surface area contributed by atoms with Gasteiger partial charge in [-0.05, 0) is 12.0 Å². The topological polar surface area (TPSA) is 69.6 Å². The van der Waals surface area contributed by atoms with Gasteiger partial charge in [-0.15, -0.1) is 0 Å². The molecule has 4 heteroatoms. The fourth-order valence-corrected chi connectivity index (χ4v) is 1.65. The Kier molecular flexibility index (Phi) is 4.97. The van der Waals surface area contributed by atoms with Gasteiger partial charge < -0.3 is 10.2 Å². The van der Waals surface area contributed by atoms with E-state index in [0.717, 1.165) is 6.42 Å². The van der Waals surface area contributed by atoms with Crippen molar-refractivity contribution >= 4 is 5.97 Å². The molecule has 0 fully saturated rings. The molecule has 0 amide bonds. The number of carboxylic acid groups (broad SMARTS) is 1. The van der Waals surface area contributed by atoms with E-state index in [1.165, 1.54) is 0 Å². The van der Waals surface area contributed by atoms with E-state index in [0.29, 0.717) is 12.1 Å². The first-order valence-electron chi connectivity index (χ1n) is 5.79. The van der Waals surface area contributed by atoms with Crippen LogP contribution in [0.1, 0.15) is 25.8 Å². The molecule has 0 aliphatic rings. The second-order valence-corrected chi connectivity index (χ2v) is 4.21. The maximum absolute atomic E-state index is 11.1. The SMILES string of the molecule is CC[C@H](C)[C@H](NCc1ccccc1O)C(=O)O. The summed E-state index contributed by atoms with van der Waals surface area (Å²) in [7, 11) is 0. The van der Waals surface area contributed by atoms with Crippen LogP contribution in [0.5, 0.6) is 5.75 Å². The molecule has 0 saturated heterocycles. The quantitative estimate of drug-likeness (QED) is 0.707.